The van der Waals surface area contributed by atoms with Gasteiger partial charge in [-0.15, -0.1) is 10.2 Å². The van der Waals surface area contributed by atoms with Gasteiger partial charge in [0.2, 0.25) is 4.96 Å². The maximum absolute atomic E-state index is 8.64. The lowest BCUT2D eigenvalue weighted by Gasteiger charge is -1.77. The molecule has 2 aromatic heterocycles. The van der Waals surface area contributed by atoms with Crippen molar-refractivity contribution in [2.45, 2.75) is 6.61 Å². The molecular weight excluding hydrogens is 152 g/mol. The second-order valence-electron chi connectivity index (χ2n) is 1.71. The van der Waals surface area contributed by atoms with Gasteiger partial charge in [-0.05, 0) is 0 Å². The van der Waals surface area contributed by atoms with Gasteiger partial charge in [0.1, 0.15) is 11.3 Å². The minimum absolute atomic E-state index is 0.0337. The standard InChI is InChI=1S/C4H4N4OS/c9-1-3-7-8-2-5-6-4(8)10-3/h2,9H,1H2. The molecular formula is C4H4N4OS. The molecule has 2 aromatic rings. The first-order chi connectivity index (χ1) is 4.90. The Morgan fingerprint density at radius 1 is 1.70 bits per heavy atom. The Balaban J connectivity index is 2.67. The van der Waals surface area contributed by atoms with E-state index in [-0.39, 0.29) is 6.61 Å². The predicted molar refractivity (Wildman–Crippen MR) is 34.6 cm³/mol. The van der Waals surface area contributed by atoms with Crippen LogP contribution < -0.4 is 0 Å². The van der Waals surface area contributed by atoms with Crippen LogP contribution in [0, 0.1) is 0 Å². The van der Waals surface area contributed by atoms with Crippen molar-refractivity contribution in [3.63, 3.8) is 0 Å². The highest BCUT2D eigenvalue weighted by molar-refractivity contribution is 7.16. The van der Waals surface area contributed by atoms with Gasteiger partial charge in [-0.3, -0.25) is 0 Å². The molecule has 6 heteroatoms. The molecule has 0 aromatic carbocycles. The molecule has 0 aliphatic heterocycles. The first-order valence-corrected chi connectivity index (χ1v) is 3.48. The molecule has 0 radical (unpaired) electrons. The fraction of sp³-hybridized carbons (Fsp3) is 0.250. The highest BCUT2D eigenvalue weighted by atomic mass is 32.1. The lowest BCUT2D eigenvalue weighted by atomic mass is 10.8. The summed E-state index contributed by atoms with van der Waals surface area (Å²) in [4.78, 5) is 0.712. The van der Waals surface area contributed by atoms with E-state index in [1.807, 2.05) is 0 Å². The minimum Gasteiger partial charge on any atom is -0.389 e. The van der Waals surface area contributed by atoms with Crippen LogP contribution in [0.5, 0.6) is 0 Å². The monoisotopic (exact) mass is 156 g/mol. The van der Waals surface area contributed by atoms with E-state index in [1.54, 1.807) is 0 Å². The molecule has 0 amide bonds. The summed E-state index contributed by atoms with van der Waals surface area (Å²) in [7, 11) is 0. The van der Waals surface area contributed by atoms with E-state index in [2.05, 4.69) is 15.3 Å². The number of aliphatic hydroxyl groups is 1. The number of hydrogen-bond donors (Lipinski definition) is 1. The molecule has 2 rings (SSSR count). The van der Waals surface area contributed by atoms with Crippen LogP contribution in [-0.4, -0.2) is 24.9 Å². The Hall–Kier alpha value is -1.01. The molecule has 0 aliphatic rings. The Bertz CT molecular complexity index is 311. The fourth-order valence-corrected chi connectivity index (χ4v) is 1.34. The van der Waals surface area contributed by atoms with E-state index in [4.69, 9.17) is 5.11 Å². The molecule has 0 fully saturated rings. The third kappa shape index (κ3) is 0.695. The maximum atomic E-state index is 8.64. The zero-order valence-electron chi connectivity index (χ0n) is 4.93. The van der Waals surface area contributed by atoms with Gasteiger partial charge in [-0.25, -0.2) is 0 Å². The van der Waals surface area contributed by atoms with E-state index >= 15 is 0 Å². The molecule has 0 unspecified atom stereocenters. The SMILES string of the molecule is OCc1nn2cnnc2s1. The fourth-order valence-electron chi connectivity index (χ4n) is 0.665. The summed E-state index contributed by atoms with van der Waals surface area (Å²) in [5.41, 5.74) is 0. The molecule has 10 heavy (non-hydrogen) atoms. The smallest absolute Gasteiger partial charge is 0.234 e. The lowest BCUT2D eigenvalue weighted by molar-refractivity contribution is 0.279. The number of fused-ring (bicyclic) bond motifs is 1. The van der Waals surface area contributed by atoms with Crippen molar-refractivity contribution < 1.29 is 5.11 Å². The Morgan fingerprint density at radius 2 is 2.60 bits per heavy atom. The van der Waals surface area contributed by atoms with E-state index in [1.165, 1.54) is 22.2 Å². The normalized spacial score (nSPS) is 10.9. The lowest BCUT2D eigenvalue weighted by Crippen LogP contribution is -1.84. The quantitative estimate of drug-likeness (QED) is 0.614. The Morgan fingerprint density at radius 3 is 3.30 bits per heavy atom. The first kappa shape index (κ1) is 5.75. The van der Waals surface area contributed by atoms with Crippen LogP contribution in [-0.2, 0) is 6.61 Å². The van der Waals surface area contributed by atoms with Crippen LogP contribution in [0.3, 0.4) is 0 Å². The summed E-state index contributed by atoms with van der Waals surface area (Å²) >= 11 is 1.33. The van der Waals surface area contributed by atoms with Gasteiger partial charge < -0.3 is 5.11 Å². The molecule has 0 aliphatic carbocycles. The van der Waals surface area contributed by atoms with E-state index in [0.29, 0.717) is 9.97 Å². The zero-order valence-corrected chi connectivity index (χ0v) is 5.75. The van der Waals surface area contributed by atoms with E-state index in [9.17, 15) is 0 Å². The predicted octanol–water partition coefficient (Wildman–Crippen LogP) is -0.322. The zero-order chi connectivity index (χ0) is 6.97. The van der Waals surface area contributed by atoms with Crippen molar-refractivity contribution in [3.8, 4) is 0 Å². The van der Waals surface area contributed by atoms with Crippen molar-refractivity contribution in [2.75, 3.05) is 0 Å². The van der Waals surface area contributed by atoms with Gasteiger partial charge in [-0.1, -0.05) is 11.3 Å². The van der Waals surface area contributed by atoms with E-state index in [0.717, 1.165) is 0 Å². The average Bonchev–Trinajstić information content (AvgIpc) is 2.42. The van der Waals surface area contributed by atoms with Gasteiger partial charge in [0.05, 0.1) is 6.61 Å². The van der Waals surface area contributed by atoms with Gasteiger partial charge in [0.25, 0.3) is 0 Å². The summed E-state index contributed by atoms with van der Waals surface area (Å²) in [6.07, 6.45) is 1.50. The maximum Gasteiger partial charge on any atom is 0.234 e. The van der Waals surface area contributed by atoms with Gasteiger partial charge in [0, 0.05) is 0 Å². The van der Waals surface area contributed by atoms with Gasteiger partial charge >= 0.3 is 0 Å². The molecule has 5 nitrogen and oxygen atoms in total. The second-order valence-corrected chi connectivity index (χ2v) is 2.75. The molecule has 1 N–H and O–H groups in total. The van der Waals surface area contributed by atoms with Crippen LogP contribution in [0.2, 0.25) is 0 Å². The van der Waals surface area contributed by atoms with Gasteiger partial charge in [-0.2, -0.15) is 9.61 Å². The van der Waals surface area contributed by atoms with Crippen LogP contribution >= 0.6 is 11.3 Å². The van der Waals surface area contributed by atoms with Crippen LogP contribution in [0.25, 0.3) is 4.96 Å². The van der Waals surface area contributed by atoms with Crippen molar-refractivity contribution in [1.29, 1.82) is 0 Å². The van der Waals surface area contributed by atoms with E-state index < -0.39 is 0 Å². The molecule has 0 saturated carbocycles. The van der Waals surface area contributed by atoms with Crippen molar-refractivity contribution in [2.24, 2.45) is 0 Å². The van der Waals surface area contributed by atoms with Crippen molar-refractivity contribution in [3.05, 3.63) is 11.3 Å². The summed E-state index contributed by atoms with van der Waals surface area (Å²) in [5.74, 6) is 0. The van der Waals surface area contributed by atoms with Crippen molar-refractivity contribution >= 4 is 16.3 Å². The largest absolute Gasteiger partial charge is 0.389 e. The number of nitrogens with zero attached hydrogens (tertiary/aromatic N) is 4. The second kappa shape index (κ2) is 1.99. The van der Waals surface area contributed by atoms with Crippen LogP contribution in [0.4, 0.5) is 0 Å². The highest BCUT2D eigenvalue weighted by Crippen LogP contribution is 2.10. The Kier molecular flexibility index (Phi) is 1.15. The molecule has 52 valence electrons. The summed E-state index contributed by atoms with van der Waals surface area (Å²) in [5, 5.41) is 20.6. The number of hydrogen-bond acceptors (Lipinski definition) is 5. The summed E-state index contributed by atoms with van der Waals surface area (Å²) in [6.45, 7) is -0.0337. The molecule has 2 heterocycles. The van der Waals surface area contributed by atoms with Gasteiger partial charge in [0.15, 0.2) is 0 Å². The summed E-state index contributed by atoms with van der Waals surface area (Å²) < 4.78 is 1.54. The third-order valence-electron chi connectivity index (χ3n) is 1.06. The average molecular weight is 156 g/mol. The third-order valence-corrected chi connectivity index (χ3v) is 1.96. The van der Waals surface area contributed by atoms with Crippen LogP contribution in [0.15, 0.2) is 6.33 Å². The molecule has 0 spiro atoms. The Labute approximate surface area is 59.9 Å². The first-order valence-electron chi connectivity index (χ1n) is 2.67. The highest BCUT2D eigenvalue weighted by Gasteiger charge is 2.01. The number of aromatic nitrogens is 4. The molecule has 0 saturated heterocycles. The molecule has 0 bridgehead atoms. The summed E-state index contributed by atoms with van der Waals surface area (Å²) in [6, 6.07) is 0. The van der Waals surface area contributed by atoms with Crippen molar-refractivity contribution in [1.82, 2.24) is 19.8 Å². The number of aliphatic hydroxyl groups excluding tert-OH is 1. The molecule has 0 atom stereocenters. The van der Waals surface area contributed by atoms with Crippen LogP contribution in [0.1, 0.15) is 5.01 Å². The minimum atomic E-state index is -0.0337. The topological polar surface area (TPSA) is 63.3 Å². The number of rotatable bonds is 1.